The van der Waals surface area contributed by atoms with E-state index in [2.05, 4.69) is 24.9 Å². The monoisotopic (exact) mass is 249 g/mol. The highest BCUT2D eigenvalue weighted by Crippen LogP contribution is 2.17. The number of aliphatic hydroxyl groups excluding tert-OH is 1. The largest absolute Gasteiger partial charge is 0.489 e. The summed E-state index contributed by atoms with van der Waals surface area (Å²) >= 11 is 0. The molecule has 0 saturated carbocycles. The number of aliphatic hydroxyl groups is 1. The number of ether oxygens (including phenoxy) is 1. The van der Waals surface area contributed by atoms with E-state index < -0.39 is 0 Å². The van der Waals surface area contributed by atoms with Gasteiger partial charge in [0.2, 0.25) is 0 Å². The maximum absolute atomic E-state index is 8.84. The zero-order valence-corrected chi connectivity index (χ0v) is 11.1. The summed E-state index contributed by atoms with van der Waals surface area (Å²) < 4.78 is 5.59. The predicted molar refractivity (Wildman–Crippen MR) is 74.7 cm³/mol. The molecule has 0 bridgehead atoms. The van der Waals surface area contributed by atoms with Gasteiger partial charge in [-0.25, -0.2) is 0 Å². The molecule has 0 spiro atoms. The molecule has 0 aliphatic carbocycles. The quantitative estimate of drug-likeness (QED) is 0.660. The minimum atomic E-state index is 0.252. The molecule has 1 atom stereocenters. The van der Waals surface area contributed by atoms with Gasteiger partial charge in [0.05, 0.1) is 0 Å². The minimum Gasteiger partial charge on any atom is -0.489 e. The van der Waals surface area contributed by atoms with Gasteiger partial charge >= 0.3 is 0 Å². The van der Waals surface area contributed by atoms with Crippen LogP contribution in [0.25, 0.3) is 0 Å². The molecule has 1 aromatic rings. The number of hydrogen-bond acceptors (Lipinski definition) is 3. The summed E-state index contributed by atoms with van der Waals surface area (Å²) in [6.07, 6.45) is 2.58. The lowest BCUT2D eigenvalue weighted by molar-refractivity contribution is 0.260. The Labute approximate surface area is 109 Å². The fourth-order valence-corrected chi connectivity index (χ4v) is 1.72. The van der Waals surface area contributed by atoms with Crippen molar-refractivity contribution in [2.45, 2.75) is 19.9 Å². The molecule has 1 rings (SSSR count). The molecule has 0 saturated heterocycles. The molecule has 3 heteroatoms. The fraction of sp³-hybridized carbons (Fsp3) is 0.467. The molecule has 0 amide bonds. The SMILES string of the molecule is C=CCOc1ccccc1CNCC(C)CCO. The van der Waals surface area contributed by atoms with Crippen LogP contribution in [0.4, 0.5) is 0 Å². The summed E-state index contributed by atoms with van der Waals surface area (Å²) in [7, 11) is 0. The second-order valence-electron chi connectivity index (χ2n) is 4.46. The summed E-state index contributed by atoms with van der Waals surface area (Å²) in [6, 6.07) is 8.00. The van der Waals surface area contributed by atoms with E-state index in [1.807, 2.05) is 18.2 Å². The molecule has 1 unspecified atom stereocenters. The first-order valence-electron chi connectivity index (χ1n) is 6.41. The lowest BCUT2D eigenvalue weighted by Gasteiger charge is -2.13. The third-order valence-corrected chi connectivity index (χ3v) is 2.76. The predicted octanol–water partition coefficient (Wildman–Crippen LogP) is 2.36. The highest BCUT2D eigenvalue weighted by Gasteiger charge is 2.04. The summed E-state index contributed by atoms with van der Waals surface area (Å²) in [5, 5.41) is 12.2. The van der Waals surface area contributed by atoms with E-state index >= 15 is 0 Å². The molecule has 0 radical (unpaired) electrons. The molecule has 0 aliphatic heterocycles. The van der Waals surface area contributed by atoms with Gasteiger partial charge in [0.15, 0.2) is 0 Å². The average molecular weight is 249 g/mol. The third kappa shape index (κ3) is 5.34. The molecule has 3 nitrogen and oxygen atoms in total. The number of para-hydroxylation sites is 1. The van der Waals surface area contributed by atoms with Crippen molar-refractivity contribution >= 4 is 0 Å². The van der Waals surface area contributed by atoms with Gasteiger partial charge in [-0.1, -0.05) is 37.8 Å². The van der Waals surface area contributed by atoms with Crippen molar-refractivity contribution in [3.8, 4) is 5.75 Å². The Balaban J connectivity index is 2.43. The van der Waals surface area contributed by atoms with E-state index in [0.29, 0.717) is 12.5 Å². The Morgan fingerprint density at radius 2 is 2.22 bits per heavy atom. The Hall–Kier alpha value is -1.32. The van der Waals surface area contributed by atoms with Crippen LogP contribution in [0.5, 0.6) is 5.75 Å². The van der Waals surface area contributed by atoms with Crippen LogP contribution in [-0.2, 0) is 6.54 Å². The van der Waals surface area contributed by atoms with Crippen LogP contribution in [0.15, 0.2) is 36.9 Å². The van der Waals surface area contributed by atoms with Gasteiger partial charge in [-0.15, -0.1) is 0 Å². The third-order valence-electron chi connectivity index (χ3n) is 2.76. The maximum atomic E-state index is 8.84. The van der Waals surface area contributed by atoms with Crippen molar-refractivity contribution in [2.24, 2.45) is 5.92 Å². The van der Waals surface area contributed by atoms with Gasteiger partial charge in [0.1, 0.15) is 12.4 Å². The molecule has 0 fully saturated rings. The van der Waals surface area contributed by atoms with Crippen LogP contribution in [0.1, 0.15) is 18.9 Å². The lowest BCUT2D eigenvalue weighted by atomic mass is 10.1. The minimum absolute atomic E-state index is 0.252. The Morgan fingerprint density at radius 3 is 2.94 bits per heavy atom. The zero-order chi connectivity index (χ0) is 13.2. The van der Waals surface area contributed by atoms with Gasteiger partial charge in [0, 0.05) is 18.7 Å². The van der Waals surface area contributed by atoms with Gasteiger partial charge in [-0.2, -0.15) is 0 Å². The number of hydrogen-bond donors (Lipinski definition) is 2. The first-order valence-corrected chi connectivity index (χ1v) is 6.41. The van der Waals surface area contributed by atoms with Crippen molar-refractivity contribution in [1.82, 2.24) is 5.32 Å². The standard InChI is InChI=1S/C15H23NO2/c1-3-10-18-15-7-5-4-6-14(15)12-16-11-13(2)8-9-17/h3-7,13,16-17H,1,8-12H2,2H3. The van der Waals surface area contributed by atoms with Crippen LogP contribution in [-0.4, -0.2) is 24.9 Å². The van der Waals surface area contributed by atoms with E-state index in [0.717, 1.165) is 30.8 Å². The van der Waals surface area contributed by atoms with Crippen LogP contribution in [0, 0.1) is 5.92 Å². The van der Waals surface area contributed by atoms with Crippen molar-refractivity contribution in [3.63, 3.8) is 0 Å². The van der Waals surface area contributed by atoms with E-state index in [1.165, 1.54) is 0 Å². The molecule has 18 heavy (non-hydrogen) atoms. The van der Waals surface area contributed by atoms with Gasteiger partial charge in [0.25, 0.3) is 0 Å². The Kier molecular flexibility index (Phi) is 7.14. The molecule has 1 aromatic carbocycles. The molecule has 2 N–H and O–H groups in total. The highest BCUT2D eigenvalue weighted by molar-refractivity contribution is 5.33. The number of benzene rings is 1. The van der Waals surface area contributed by atoms with Crippen molar-refractivity contribution in [3.05, 3.63) is 42.5 Å². The highest BCUT2D eigenvalue weighted by atomic mass is 16.5. The maximum Gasteiger partial charge on any atom is 0.124 e. The van der Waals surface area contributed by atoms with E-state index in [1.54, 1.807) is 6.08 Å². The molecule has 0 aromatic heterocycles. The van der Waals surface area contributed by atoms with Gasteiger partial charge < -0.3 is 15.2 Å². The normalized spacial score (nSPS) is 12.1. The van der Waals surface area contributed by atoms with Crippen LogP contribution in [0.3, 0.4) is 0 Å². The molecule has 0 aliphatic rings. The average Bonchev–Trinajstić information content (AvgIpc) is 2.38. The fourth-order valence-electron chi connectivity index (χ4n) is 1.72. The zero-order valence-electron chi connectivity index (χ0n) is 11.1. The summed E-state index contributed by atoms with van der Waals surface area (Å²) in [6.45, 7) is 8.23. The van der Waals surface area contributed by atoms with Crippen molar-refractivity contribution in [1.29, 1.82) is 0 Å². The van der Waals surface area contributed by atoms with Gasteiger partial charge in [-0.3, -0.25) is 0 Å². The summed E-state index contributed by atoms with van der Waals surface area (Å²) in [5.41, 5.74) is 1.15. The molecular weight excluding hydrogens is 226 g/mol. The number of nitrogens with one attached hydrogen (secondary N) is 1. The second-order valence-corrected chi connectivity index (χ2v) is 4.46. The van der Waals surface area contributed by atoms with Crippen molar-refractivity contribution in [2.75, 3.05) is 19.8 Å². The van der Waals surface area contributed by atoms with Crippen molar-refractivity contribution < 1.29 is 9.84 Å². The van der Waals surface area contributed by atoms with E-state index in [-0.39, 0.29) is 6.61 Å². The van der Waals surface area contributed by atoms with Crippen LogP contribution >= 0.6 is 0 Å². The smallest absolute Gasteiger partial charge is 0.124 e. The van der Waals surface area contributed by atoms with Crippen LogP contribution < -0.4 is 10.1 Å². The summed E-state index contributed by atoms with van der Waals surface area (Å²) in [4.78, 5) is 0. The van der Waals surface area contributed by atoms with Gasteiger partial charge in [-0.05, 0) is 24.9 Å². The second kappa shape index (κ2) is 8.72. The number of rotatable bonds is 9. The molecule has 100 valence electrons. The van der Waals surface area contributed by atoms with Crippen LogP contribution in [0.2, 0.25) is 0 Å². The lowest BCUT2D eigenvalue weighted by Crippen LogP contribution is -2.21. The Bertz CT molecular complexity index is 352. The van der Waals surface area contributed by atoms with E-state index in [4.69, 9.17) is 9.84 Å². The molecule has 0 heterocycles. The Morgan fingerprint density at radius 1 is 1.44 bits per heavy atom. The summed E-state index contributed by atoms with van der Waals surface area (Å²) in [5.74, 6) is 1.39. The first kappa shape index (κ1) is 14.7. The van der Waals surface area contributed by atoms with E-state index in [9.17, 15) is 0 Å². The topological polar surface area (TPSA) is 41.5 Å². The molecular formula is C15H23NO2. The first-order chi connectivity index (χ1) is 8.77.